The maximum atomic E-state index is 13.0. The average molecular weight is 422 g/mol. The van der Waals surface area contributed by atoms with E-state index in [1.807, 2.05) is 22.6 Å². The first kappa shape index (κ1) is 11.6. The topological polar surface area (TPSA) is 17.1 Å². The van der Waals surface area contributed by atoms with Crippen LogP contribution in [0, 0.1) is 9.39 Å². The van der Waals surface area contributed by atoms with Crippen LogP contribution in [-0.2, 0) is 0 Å². The molecule has 0 fully saturated rings. The number of rotatable bonds is 2. The van der Waals surface area contributed by atoms with Crippen LogP contribution < -0.4 is 0 Å². The molecule has 0 aliphatic rings. The molecule has 0 heterocycles. The van der Waals surface area contributed by atoms with Gasteiger partial charge in [-0.3, -0.25) is 4.79 Å². The van der Waals surface area contributed by atoms with Crippen molar-refractivity contribution >= 4 is 60.2 Å². The average Bonchev–Trinajstić information content (AvgIpc) is 2.13. The number of carbonyl (C=O) groups is 1. The lowest BCUT2D eigenvalue weighted by atomic mass is 10.1. The first-order valence-electron chi connectivity index (χ1n) is 3.30. The van der Waals surface area contributed by atoms with Gasteiger partial charge in [0.2, 0.25) is 0 Å². The molecule has 0 bridgehead atoms. The van der Waals surface area contributed by atoms with Crippen LogP contribution >= 0.6 is 54.5 Å². The van der Waals surface area contributed by atoms with Gasteiger partial charge in [0.15, 0.2) is 5.78 Å². The van der Waals surface area contributed by atoms with Gasteiger partial charge >= 0.3 is 0 Å². The van der Waals surface area contributed by atoms with Gasteiger partial charge in [0, 0.05) is 10.0 Å². The number of halogens is 4. The maximum Gasteiger partial charge on any atom is 0.174 e. The molecule has 13 heavy (non-hydrogen) atoms. The van der Waals surface area contributed by atoms with Crippen molar-refractivity contribution in [3.05, 3.63) is 31.6 Å². The molecule has 0 N–H and O–H groups in total. The van der Waals surface area contributed by atoms with Gasteiger partial charge in [-0.05, 0) is 50.7 Å². The molecule has 70 valence electrons. The summed E-state index contributed by atoms with van der Waals surface area (Å²) >= 11 is 8.10. The van der Waals surface area contributed by atoms with Gasteiger partial charge in [-0.15, -0.1) is 0 Å². The van der Waals surface area contributed by atoms with Crippen molar-refractivity contribution in [2.24, 2.45) is 0 Å². The predicted octanol–water partition coefficient (Wildman–Crippen LogP) is 3.77. The summed E-state index contributed by atoms with van der Waals surface area (Å²) in [7, 11) is 0. The Labute approximate surface area is 105 Å². The fourth-order valence-electron chi connectivity index (χ4n) is 0.813. The van der Waals surface area contributed by atoms with Crippen molar-refractivity contribution in [3.63, 3.8) is 0 Å². The van der Waals surface area contributed by atoms with Crippen LogP contribution in [0.1, 0.15) is 10.4 Å². The molecule has 0 aromatic heterocycles. The van der Waals surface area contributed by atoms with Crippen LogP contribution in [0.4, 0.5) is 4.39 Å². The third-order valence-electron chi connectivity index (χ3n) is 1.46. The molecule has 5 heteroatoms. The van der Waals surface area contributed by atoms with Crippen molar-refractivity contribution in [1.82, 2.24) is 0 Å². The summed E-state index contributed by atoms with van der Waals surface area (Å²) in [6.45, 7) is 0. The lowest BCUT2D eigenvalue weighted by Crippen LogP contribution is -2.03. The third kappa shape index (κ3) is 2.50. The van der Waals surface area contributed by atoms with E-state index in [1.165, 1.54) is 12.1 Å². The summed E-state index contributed by atoms with van der Waals surface area (Å²) in [5.41, 5.74) is 0.502. The lowest BCUT2D eigenvalue weighted by molar-refractivity contribution is 0.102. The standard InChI is InChI=1S/C8H4Br2FIO/c9-3-6(13)4-1-2-5(11)8(12)7(4)10/h1-2H,3H2. The summed E-state index contributed by atoms with van der Waals surface area (Å²) in [6, 6.07) is 2.77. The zero-order valence-electron chi connectivity index (χ0n) is 6.28. The summed E-state index contributed by atoms with van der Waals surface area (Å²) in [6.07, 6.45) is 0. The van der Waals surface area contributed by atoms with Crippen molar-refractivity contribution in [1.29, 1.82) is 0 Å². The van der Waals surface area contributed by atoms with E-state index in [2.05, 4.69) is 31.9 Å². The second-order valence-electron chi connectivity index (χ2n) is 2.28. The second-order valence-corrected chi connectivity index (χ2v) is 4.71. The summed E-state index contributed by atoms with van der Waals surface area (Å²) in [5, 5.41) is 0.243. The fourth-order valence-corrected chi connectivity index (χ4v) is 2.13. The zero-order valence-corrected chi connectivity index (χ0v) is 11.6. The summed E-state index contributed by atoms with van der Waals surface area (Å²) in [4.78, 5) is 11.3. The van der Waals surface area contributed by atoms with E-state index in [0.717, 1.165) is 0 Å². The van der Waals surface area contributed by atoms with Gasteiger partial charge in [-0.25, -0.2) is 4.39 Å². The highest BCUT2D eigenvalue weighted by Crippen LogP contribution is 2.26. The summed E-state index contributed by atoms with van der Waals surface area (Å²) in [5.74, 6) is -0.386. The number of benzene rings is 1. The predicted molar refractivity (Wildman–Crippen MR) is 64.9 cm³/mol. The molecule has 1 aromatic carbocycles. The Morgan fingerprint density at radius 1 is 1.54 bits per heavy atom. The number of alkyl halides is 1. The van der Waals surface area contributed by atoms with Crippen molar-refractivity contribution in [2.45, 2.75) is 0 Å². The van der Waals surface area contributed by atoms with E-state index in [9.17, 15) is 9.18 Å². The van der Waals surface area contributed by atoms with Crippen LogP contribution in [0.25, 0.3) is 0 Å². The van der Waals surface area contributed by atoms with Crippen LogP contribution in [0.15, 0.2) is 16.6 Å². The highest BCUT2D eigenvalue weighted by atomic mass is 127. The smallest absolute Gasteiger partial charge is 0.174 e. The van der Waals surface area contributed by atoms with Gasteiger partial charge < -0.3 is 0 Å². The molecule has 0 atom stereocenters. The van der Waals surface area contributed by atoms with Gasteiger partial charge in [-0.2, -0.15) is 0 Å². The highest BCUT2D eigenvalue weighted by molar-refractivity contribution is 14.1. The molecule has 0 saturated carbocycles. The lowest BCUT2D eigenvalue weighted by Gasteiger charge is -2.03. The second kappa shape index (κ2) is 4.84. The van der Waals surface area contributed by atoms with Crippen molar-refractivity contribution in [2.75, 3.05) is 5.33 Å². The van der Waals surface area contributed by atoms with Gasteiger partial charge in [0.1, 0.15) is 5.82 Å². The quantitative estimate of drug-likeness (QED) is 0.307. The van der Waals surface area contributed by atoms with E-state index < -0.39 is 0 Å². The molecular weight excluding hydrogens is 418 g/mol. The molecule has 0 unspecified atom stereocenters. The molecule has 0 amide bonds. The van der Waals surface area contributed by atoms with E-state index >= 15 is 0 Å². The number of hydrogen-bond donors (Lipinski definition) is 0. The molecule has 0 radical (unpaired) electrons. The number of hydrogen-bond acceptors (Lipinski definition) is 1. The maximum absolute atomic E-state index is 13.0. The van der Waals surface area contributed by atoms with Crippen LogP contribution in [-0.4, -0.2) is 11.1 Å². The van der Waals surface area contributed by atoms with Crippen molar-refractivity contribution < 1.29 is 9.18 Å². The normalized spacial score (nSPS) is 10.2. The Bertz CT molecular complexity index is 354. The van der Waals surface area contributed by atoms with Crippen LogP contribution in [0.3, 0.4) is 0 Å². The van der Waals surface area contributed by atoms with Gasteiger partial charge in [0.05, 0.1) is 8.90 Å². The van der Waals surface area contributed by atoms with E-state index in [0.29, 0.717) is 13.6 Å². The molecule has 0 aliphatic carbocycles. The molecular formula is C8H4Br2FIO. The fraction of sp³-hybridized carbons (Fsp3) is 0.125. The first-order chi connectivity index (χ1) is 6.07. The van der Waals surface area contributed by atoms with Crippen LogP contribution in [0.5, 0.6) is 0 Å². The van der Waals surface area contributed by atoms with Crippen LogP contribution in [0.2, 0.25) is 0 Å². The van der Waals surface area contributed by atoms with E-state index in [4.69, 9.17) is 0 Å². The Morgan fingerprint density at radius 3 is 2.69 bits per heavy atom. The van der Waals surface area contributed by atoms with Gasteiger partial charge in [0.25, 0.3) is 0 Å². The summed E-state index contributed by atoms with van der Waals surface area (Å²) < 4.78 is 13.9. The molecule has 1 rings (SSSR count). The minimum Gasteiger partial charge on any atom is -0.293 e. The molecule has 1 aromatic rings. The number of ketones is 1. The van der Waals surface area contributed by atoms with Crippen molar-refractivity contribution in [3.8, 4) is 0 Å². The van der Waals surface area contributed by atoms with E-state index in [1.54, 1.807) is 0 Å². The zero-order chi connectivity index (χ0) is 10.0. The monoisotopic (exact) mass is 420 g/mol. The molecule has 1 nitrogen and oxygen atoms in total. The SMILES string of the molecule is O=C(CBr)c1ccc(F)c(I)c1Br. The number of carbonyl (C=O) groups excluding carboxylic acids is 1. The highest BCUT2D eigenvalue weighted by Gasteiger charge is 2.13. The number of Topliss-reactive ketones (excluding diaryl/α,β-unsaturated/α-hetero) is 1. The van der Waals surface area contributed by atoms with E-state index in [-0.39, 0.29) is 16.9 Å². The van der Waals surface area contributed by atoms with Gasteiger partial charge in [-0.1, -0.05) is 15.9 Å². The Morgan fingerprint density at radius 2 is 2.15 bits per heavy atom. The Balaban J connectivity index is 3.26. The Hall–Kier alpha value is 0.510. The third-order valence-corrected chi connectivity index (χ3v) is 4.59. The molecule has 0 spiro atoms. The largest absolute Gasteiger partial charge is 0.293 e. The minimum absolute atomic E-state index is 0.0650. The Kier molecular flexibility index (Phi) is 4.31. The molecule has 0 saturated heterocycles. The molecule has 0 aliphatic heterocycles. The first-order valence-corrected chi connectivity index (χ1v) is 6.30. The minimum atomic E-state index is -0.321.